The molecule has 0 aromatic heterocycles. The quantitative estimate of drug-likeness (QED) is 0.588. The van der Waals surface area contributed by atoms with Gasteiger partial charge in [-0.25, -0.2) is 0 Å². The third-order valence-corrected chi connectivity index (χ3v) is 2.28. The molecular weight excluding hydrogens is 172 g/mol. The van der Waals surface area contributed by atoms with Crippen LogP contribution in [0.3, 0.4) is 0 Å². The van der Waals surface area contributed by atoms with E-state index in [1.54, 1.807) is 0 Å². The average molecular weight is 190 g/mol. The van der Waals surface area contributed by atoms with Gasteiger partial charge < -0.3 is 15.7 Å². The molecule has 0 saturated heterocycles. The maximum atomic E-state index is 8.71. The van der Waals surface area contributed by atoms with E-state index in [0.29, 0.717) is 11.5 Å². The molecule has 4 heteroatoms. The molecule has 0 fully saturated rings. The molecule has 0 aliphatic carbocycles. The number of aliphatic hydroxyl groups is 1. The lowest BCUT2D eigenvalue weighted by molar-refractivity contribution is 0.195. The van der Waals surface area contributed by atoms with Crippen molar-refractivity contribution >= 4 is 17.2 Å². The number of thiocarbonyl (C=S) groups is 1. The molecule has 0 saturated carbocycles. The summed E-state index contributed by atoms with van der Waals surface area (Å²) >= 11 is 4.86. The Morgan fingerprint density at radius 2 is 2.25 bits per heavy atom. The molecule has 0 heterocycles. The van der Waals surface area contributed by atoms with Crippen LogP contribution in [-0.2, 0) is 0 Å². The Morgan fingerprint density at radius 1 is 1.67 bits per heavy atom. The number of hydrogen-bond acceptors (Lipinski definition) is 3. The molecule has 3 nitrogen and oxygen atoms in total. The predicted octanol–water partition coefficient (Wildman–Crippen LogP) is 0.223. The van der Waals surface area contributed by atoms with Crippen LogP contribution >= 0.6 is 12.2 Å². The Balaban J connectivity index is 3.76. The van der Waals surface area contributed by atoms with E-state index in [0.717, 1.165) is 13.1 Å². The minimum absolute atomic E-state index is 0.192. The highest BCUT2D eigenvalue weighted by atomic mass is 32.1. The fourth-order valence-electron chi connectivity index (χ4n) is 0.997. The van der Waals surface area contributed by atoms with Gasteiger partial charge in [0.05, 0.1) is 11.6 Å². The maximum absolute atomic E-state index is 8.71. The van der Waals surface area contributed by atoms with Crippen molar-refractivity contribution in [3.8, 4) is 0 Å². The van der Waals surface area contributed by atoms with Gasteiger partial charge in [-0.05, 0) is 6.54 Å². The van der Waals surface area contributed by atoms with E-state index in [9.17, 15) is 0 Å². The monoisotopic (exact) mass is 190 g/mol. The van der Waals surface area contributed by atoms with Crippen LogP contribution in [0.2, 0.25) is 0 Å². The minimum atomic E-state index is 0.192. The Kier molecular flexibility index (Phi) is 6.24. The topological polar surface area (TPSA) is 49.5 Å². The molecule has 1 atom stereocenters. The molecule has 0 radical (unpaired) electrons. The fourth-order valence-corrected chi connectivity index (χ4v) is 1.07. The first-order chi connectivity index (χ1) is 5.61. The van der Waals surface area contributed by atoms with Crippen molar-refractivity contribution in [2.24, 2.45) is 11.7 Å². The molecule has 0 aromatic rings. The first-order valence-corrected chi connectivity index (χ1v) is 4.65. The smallest absolute Gasteiger partial charge is 0.0768 e. The van der Waals surface area contributed by atoms with Gasteiger partial charge in [-0.1, -0.05) is 26.1 Å². The van der Waals surface area contributed by atoms with Crippen LogP contribution in [-0.4, -0.2) is 41.2 Å². The fraction of sp³-hybridized carbons (Fsp3) is 0.875. The van der Waals surface area contributed by atoms with Gasteiger partial charge in [-0.3, -0.25) is 0 Å². The van der Waals surface area contributed by atoms with E-state index >= 15 is 0 Å². The van der Waals surface area contributed by atoms with E-state index in [1.165, 1.54) is 0 Å². The Hall–Kier alpha value is -0.190. The lowest BCUT2D eigenvalue weighted by Gasteiger charge is -2.22. The van der Waals surface area contributed by atoms with Gasteiger partial charge in [0, 0.05) is 19.0 Å². The van der Waals surface area contributed by atoms with E-state index < -0.39 is 0 Å². The molecule has 0 rings (SSSR count). The Morgan fingerprint density at radius 3 is 2.58 bits per heavy atom. The van der Waals surface area contributed by atoms with Crippen molar-refractivity contribution in [3.63, 3.8) is 0 Å². The second-order valence-corrected chi connectivity index (χ2v) is 3.39. The zero-order valence-corrected chi connectivity index (χ0v) is 8.60. The van der Waals surface area contributed by atoms with Gasteiger partial charge in [-0.2, -0.15) is 0 Å². The van der Waals surface area contributed by atoms with Gasteiger partial charge in [0.2, 0.25) is 0 Å². The summed E-state index contributed by atoms with van der Waals surface area (Å²) in [7, 11) is 0. The molecular formula is C8H18N2OS. The molecule has 12 heavy (non-hydrogen) atoms. The first kappa shape index (κ1) is 11.8. The zero-order valence-electron chi connectivity index (χ0n) is 7.79. The van der Waals surface area contributed by atoms with E-state index in [4.69, 9.17) is 23.1 Å². The van der Waals surface area contributed by atoms with E-state index in [1.807, 2.05) is 6.92 Å². The predicted molar refractivity (Wildman–Crippen MR) is 55.1 cm³/mol. The van der Waals surface area contributed by atoms with Gasteiger partial charge >= 0.3 is 0 Å². The van der Waals surface area contributed by atoms with Crippen molar-refractivity contribution < 1.29 is 5.11 Å². The summed E-state index contributed by atoms with van der Waals surface area (Å²) in [5, 5.41) is 8.71. The van der Waals surface area contributed by atoms with E-state index in [-0.39, 0.29) is 12.5 Å². The molecule has 0 aliphatic heterocycles. The largest absolute Gasteiger partial charge is 0.395 e. The third-order valence-electron chi connectivity index (χ3n) is 1.88. The number of aliphatic hydroxyl groups excluding tert-OH is 1. The molecule has 0 amide bonds. The SMILES string of the molecule is CCN(CCO)CC(C)C(N)=S. The van der Waals surface area contributed by atoms with Crippen molar-refractivity contribution in [2.45, 2.75) is 13.8 Å². The second-order valence-electron chi connectivity index (χ2n) is 2.92. The number of nitrogens with zero attached hydrogens (tertiary/aromatic N) is 1. The van der Waals surface area contributed by atoms with Gasteiger partial charge in [-0.15, -0.1) is 0 Å². The molecule has 1 unspecified atom stereocenters. The molecule has 3 N–H and O–H groups in total. The van der Waals surface area contributed by atoms with Crippen molar-refractivity contribution in [2.75, 3.05) is 26.2 Å². The van der Waals surface area contributed by atoms with Crippen LogP contribution in [0.4, 0.5) is 0 Å². The lowest BCUT2D eigenvalue weighted by atomic mass is 10.1. The van der Waals surface area contributed by atoms with Crippen molar-refractivity contribution in [3.05, 3.63) is 0 Å². The van der Waals surface area contributed by atoms with Crippen LogP contribution in [0, 0.1) is 5.92 Å². The summed E-state index contributed by atoms with van der Waals surface area (Å²) in [6, 6.07) is 0. The highest BCUT2D eigenvalue weighted by Gasteiger charge is 2.09. The Labute approximate surface area is 79.5 Å². The summed E-state index contributed by atoms with van der Waals surface area (Å²) in [6.45, 7) is 6.71. The number of rotatable bonds is 6. The van der Waals surface area contributed by atoms with Crippen molar-refractivity contribution in [1.29, 1.82) is 0 Å². The highest BCUT2D eigenvalue weighted by molar-refractivity contribution is 7.80. The van der Waals surface area contributed by atoms with Gasteiger partial charge in [0.25, 0.3) is 0 Å². The summed E-state index contributed by atoms with van der Waals surface area (Å²) in [4.78, 5) is 2.68. The molecule has 0 aliphatic rings. The molecule has 0 bridgehead atoms. The molecule has 0 spiro atoms. The minimum Gasteiger partial charge on any atom is -0.395 e. The summed E-state index contributed by atoms with van der Waals surface area (Å²) in [5.74, 6) is 0.228. The molecule has 72 valence electrons. The van der Waals surface area contributed by atoms with Crippen LogP contribution < -0.4 is 5.73 Å². The van der Waals surface area contributed by atoms with Crippen LogP contribution in [0.25, 0.3) is 0 Å². The Bertz CT molecular complexity index is 141. The first-order valence-electron chi connectivity index (χ1n) is 4.24. The average Bonchev–Trinajstić information content (AvgIpc) is 2.03. The number of likely N-dealkylation sites (N-methyl/N-ethyl adjacent to an activating group) is 1. The van der Waals surface area contributed by atoms with Crippen molar-refractivity contribution in [1.82, 2.24) is 4.90 Å². The van der Waals surface area contributed by atoms with Crippen LogP contribution in [0.1, 0.15) is 13.8 Å². The highest BCUT2D eigenvalue weighted by Crippen LogP contribution is 1.99. The maximum Gasteiger partial charge on any atom is 0.0768 e. The normalized spacial score (nSPS) is 13.3. The standard InChI is InChI=1S/C8H18N2OS/c1-3-10(4-5-11)6-7(2)8(9)12/h7,11H,3-6H2,1-2H3,(H2,9,12). The van der Waals surface area contributed by atoms with Crippen LogP contribution in [0.5, 0.6) is 0 Å². The van der Waals surface area contributed by atoms with Crippen LogP contribution in [0.15, 0.2) is 0 Å². The number of nitrogens with two attached hydrogens (primary N) is 1. The second kappa shape index (κ2) is 6.34. The van der Waals surface area contributed by atoms with E-state index in [2.05, 4.69) is 11.8 Å². The number of hydrogen-bond donors (Lipinski definition) is 2. The summed E-state index contributed by atoms with van der Waals surface area (Å²) in [6.07, 6.45) is 0. The molecule has 0 aromatic carbocycles. The zero-order chi connectivity index (χ0) is 9.56. The van der Waals surface area contributed by atoms with Gasteiger partial charge in [0.15, 0.2) is 0 Å². The third kappa shape index (κ3) is 4.64. The summed E-state index contributed by atoms with van der Waals surface area (Å²) in [5.41, 5.74) is 5.48. The lowest BCUT2D eigenvalue weighted by Crippen LogP contribution is -2.35. The van der Waals surface area contributed by atoms with Gasteiger partial charge in [0.1, 0.15) is 0 Å². The summed E-state index contributed by atoms with van der Waals surface area (Å²) < 4.78 is 0.